The standard InChI is InChI=1S/C66H43N/c1-2-20-45(21-3-1)50-23-6-7-24-51(50)46-38-40-48(41-39-46)67(49-42-37-44-19-4-5-22-47(44)43-49)63-36-18-35-62-64(63)54-27-10-13-30-57(54)66(62)60-33-16-14-31-58(60)65(59-32-15-17-34-61(59)66)55-28-11-8-25-52(55)53-26-9-12-29-56(53)65/h1-43H. The van der Waals surface area contributed by atoms with E-state index in [-0.39, 0.29) is 0 Å². The Labute approximate surface area is 391 Å². The van der Waals surface area contributed by atoms with E-state index in [9.17, 15) is 0 Å². The van der Waals surface area contributed by atoms with Crippen molar-refractivity contribution in [2.45, 2.75) is 10.8 Å². The molecule has 2 spiro atoms. The summed E-state index contributed by atoms with van der Waals surface area (Å²) in [5, 5.41) is 2.43. The van der Waals surface area contributed by atoms with Crippen LogP contribution in [0, 0.1) is 0 Å². The Hall–Kier alpha value is -8.52. The molecule has 0 aliphatic heterocycles. The fourth-order valence-electron chi connectivity index (χ4n) is 12.6. The lowest BCUT2D eigenvalue weighted by atomic mass is 9.52. The summed E-state index contributed by atoms with van der Waals surface area (Å²) in [6, 6.07) is 97.6. The van der Waals surface area contributed by atoms with Gasteiger partial charge in [-0.3, -0.25) is 0 Å². The lowest BCUT2D eigenvalue weighted by Crippen LogP contribution is -2.43. The minimum atomic E-state index is -0.590. The molecule has 67 heavy (non-hydrogen) atoms. The summed E-state index contributed by atoms with van der Waals surface area (Å²) in [6.45, 7) is 0. The van der Waals surface area contributed by atoms with Gasteiger partial charge in [0.25, 0.3) is 0 Å². The summed E-state index contributed by atoms with van der Waals surface area (Å²) in [5.41, 5.74) is 23.0. The Morgan fingerprint density at radius 2 is 0.642 bits per heavy atom. The van der Waals surface area contributed by atoms with Gasteiger partial charge in [0, 0.05) is 16.9 Å². The van der Waals surface area contributed by atoms with Crippen molar-refractivity contribution in [1.29, 1.82) is 0 Å². The molecule has 1 heteroatoms. The van der Waals surface area contributed by atoms with E-state index in [1.807, 2.05) is 0 Å². The predicted molar refractivity (Wildman–Crippen MR) is 278 cm³/mol. The van der Waals surface area contributed by atoms with Gasteiger partial charge in [-0.2, -0.15) is 0 Å². The number of hydrogen-bond acceptors (Lipinski definition) is 1. The topological polar surface area (TPSA) is 3.24 Å². The summed E-state index contributed by atoms with van der Waals surface area (Å²) < 4.78 is 0. The van der Waals surface area contributed by atoms with Gasteiger partial charge in [-0.05, 0) is 125 Å². The second-order valence-electron chi connectivity index (χ2n) is 18.3. The highest BCUT2D eigenvalue weighted by atomic mass is 15.1. The van der Waals surface area contributed by atoms with E-state index >= 15 is 0 Å². The molecule has 11 aromatic rings. The van der Waals surface area contributed by atoms with Gasteiger partial charge in [0.15, 0.2) is 0 Å². The number of benzene rings is 11. The lowest BCUT2D eigenvalue weighted by Gasteiger charge is -2.48. The molecule has 0 aromatic heterocycles. The second kappa shape index (κ2) is 14.5. The Balaban J connectivity index is 1.03. The highest BCUT2D eigenvalue weighted by molar-refractivity contribution is 6.01. The highest BCUT2D eigenvalue weighted by Crippen LogP contribution is 2.68. The van der Waals surface area contributed by atoms with E-state index in [1.54, 1.807) is 0 Å². The first-order valence-corrected chi connectivity index (χ1v) is 23.4. The Morgan fingerprint density at radius 1 is 0.239 bits per heavy atom. The van der Waals surface area contributed by atoms with Crippen LogP contribution in [0.2, 0.25) is 0 Å². The average Bonchev–Trinajstić information content (AvgIpc) is 3.87. The van der Waals surface area contributed by atoms with E-state index in [0.29, 0.717) is 0 Å². The summed E-state index contributed by atoms with van der Waals surface area (Å²) in [4.78, 5) is 2.50. The zero-order chi connectivity index (χ0) is 44.1. The third kappa shape index (κ3) is 5.14. The molecule has 0 fully saturated rings. The second-order valence-corrected chi connectivity index (χ2v) is 18.3. The summed E-state index contributed by atoms with van der Waals surface area (Å²) in [7, 11) is 0. The zero-order valence-corrected chi connectivity index (χ0v) is 36.8. The van der Waals surface area contributed by atoms with Crippen molar-refractivity contribution < 1.29 is 0 Å². The van der Waals surface area contributed by atoms with Gasteiger partial charge in [-0.25, -0.2) is 0 Å². The molecule has 0 N–H and O–H groups in total. The van der Waals surface area contributed by atoms with Crippen molar-refractivity contribution in [3.05, 3.63) is 305 Å². The molecule has 0 amide bonds. The van der Waals surface area contributed by atoms with Gasteiger partial charge in [0.05, 0.1) is 16.5 Å². The molecular weight excluding hydrogens is 807 g/mol. The molecule has 0 radical (unpaired) electrons. The van der Waals surface area contributed by atoms with Crippen LogP contribution < -0.4 is 4.90 Å². The van der Waals surface area contributed by atoms with Gasteiger partial charge in [-0.1, -0.05) is 231 Å². The molecule has 0 unspecified atom stereocenters. The lowest BCUT2D eigenvalue weighted by molar-refractivity contribution is 0.633. The molecule has 0 heterocycles. The predicted octanol–water partition coefficient (Wildman–Crippen LogP) is 16.7. The van der Waals surface area contributed by atoms with Gasteiger partial charge in [-0.15, -0.1) is 0 Å². The van der Waals surface area contributed by atoms with Crippen LogP contribution in [-0.2, 0) is 10.8 Å². The van der Waals surface area contributed by atoms with Crippen LogP contribution in [0.5, 0.6) is 0 Å². The van der Waals surface area contributed by atoms with E-state index < -0.39 is 10.8 Å². The summed E-state index contributed by atoms with van der Waals surface area (Å²) >= 11 is 0. The molecule has 3 aliphatic rings. The zero-order valence-electron chi connectivity index (χ0n) is 36.8. The number of hydrogen-bond donors (Lipinski definition) is 0. The van der Waals surface area contributed by atoms with Crippen LogP contribution in [0.3, 0.4) is 0 Å². The van der Waals surface area contributed by atoms with E-state index in [1.165, 1.54) is 99.8 Å². The van der Waals surface area contributed by atoms with Crippen molar-refractivity contribution >= 4 is 27.8 Å². The maximum Gasteiger partial charge on any atom is 0.0720 e. The average molecular weight is 850 g/mol. The molecule has 3 aliphatic carbocycles. The molecule has 0 atom stereocenters. The first-order valence-electron chi connectivity index (χ1n) is 23.4. The van der Waals surface area contributed by atoms with E-state index in [2.05, 4.69) is 266 Å². The van der Waals surface area contributed by atoms with Crippen molar-refractivity contribution in [3.63, 3.8) is 0 Å². The van der Waals surface area contributed by atoms with Crippen molar-refractivity contribution in [3.8, 4) is 44.5 Å². The van der Waals surface area contributed by atoms with Gasteiger partial charge in [0.1, 0.15) is 0 Å². The largest absolute Gasteiger partial charge is 0.310 e. The third-order valence-corrected chi connectivity index (χ3v) is 15.1. The summed E-state index contributed by atoms with van der Waals surface area (Å²) in [6.07, 6.45) is 0. The minimum Gasteiger partial charge on any atom is -0.310 e. The molecule has 0 saturated carbocycles. The Morgan fingerprint density at radius 3 is 1.22 bits per heavy atom. The molecule has 312 valence electrons. The van der Waals surface area contributed by atoms with Gasteiger partial charge >= 0.3 is 0 Å². The Kier molecular flexibility index (Phi) is 8.18. The van der Waals surface area contributed by atoms with Crippen LogP contribution >= 0.6 is 0 Å². The summed E-state index contributed by atoms with van der Waals surface area (Å²) in [5.74, 6) is 0. The van der Waals surface area contributed by atoms with Crippen molar-refractivity contribution in [1.82, 2.24) is 0 Å². The maximum absolute atomic E-state index is 2.50. The quantitative estimate of drug-likeness (QED) is 0.167. The SMILES string of the molecule is c1ccc(-c2ccccc2-c2ccc(N(c3ccc4ccccc4c3)c3cccc4c3-c3ccccc3C43c4ccccc4C4(c5ccccc5-c5ccccc54)c4ccccc43)cc2)cc1. The van der Waals surface area contributed by atoms with Crippen molar-refractivity contribution in [2.75, 3.05) is 4.90 Å². The third-order valence-electron chi connectivity index (χ3n) is 15.1. The number of nitrogens with zero attached hydrogens (tertiary/aromatic N) is 1. The normalized spacial score (nSPS) is 13.9. The fraction of sp³-hybridized carbons (Fsp3) is 0.0303. The molecule has 0 saturated heterocycles. The fourth-order valence-corrected chi connectivity index (χ4v) is 12.6. The van der Waals surface area contributed by atoms with Gasteiger partial charge in [0.2, 0.25) is 0 Å². The van der Waals surface area contributed by atoms with Crippen molar-refractivity contribution in [2.24, 2.45) is 0 Å². The smallest absolute Gasteiger partial charge is 0.0720 e. The Bertz CT molecular complexity index is 3670. The molecule has 11 aromatic carbocycles. The van der Waals surface area contributed by atoms with Crippen LogP contribution in [0.15, 0.2) is 261 Å². The maximum atomic E-state index is 2.50. The minimum absolute atomic E-state index is 0.487. The van der Waals surface area contributed by atoms with Gasteiger partial charge < -0.3 is 4.90 Å². The highest BCUT2D eigenvalue weighted by Gasteiger charge is 2.59. The molecule has 1 nitrogen and oxygen atoms in total. The van der Waals surface area contributed by atoms with Crippen LogP contribution in [0.1, 0.15) is 44.5 Å². The van der Waals surface area contributed by atoms with E-state index in [4.69, 9.17) is 0 Å². The molecule has 14 rings (SSSR count). The first-order chi connectivity index (χ1) is 33.3. The number of fused-ring (bicyclic) bond motifs is 17. The van der Waals surface area contributed by atoms with Crippen LogP contribution in [-0.4, -0.2) is 0 Å². The molecular formula is C66H43N. The number of anilines is 3. The van der Waals surface area contributed by atoms with Crippen LogP contribution in [0.4, 0.5) is 17.1 Å². The van der Waals surface area contributed by atoms with Crippen LogP contribution in [0.25, 0.3) is 55.3 Å². The van der Waals surface area contributed by atoms with E-state index in [0.717, 1.165) is 17.1 Å². The molecule has 0 bridgehead atoms. The monoisotopic (exact) mass is 849 g/mol. The first kappa shape index (κ1) is 37.8. The number of rotatable bonds is 5.